The van der Waals surface area contributed by atoms with E-state index in [1.807, 2.05) is 60.7 Å². The molecule has 2 heterocycles. The summed E-state index contributed by atoms with van der Waals surface area (Å²) in [4.78, 5) is 31.2. The Morgan fingerprint density at radius 1 is 1.08 bits per heavy atom. The summed E-state index contributed by atoms with van der Waals surface area (Å²) in [5.41, 5.74) is 3.09. The van der Waals surface area contributed by atoms with Crippen LogP contribution in [0.15, 0.2) is 54.6 Å². The number of hydrogen-bond acceptors (Lipinski definition) is 6. The maximum Gasteiger partial charge on any atom is 0.270 e. The largest absolute Gasteiger partial charge is 0.354 e. The van der Waals surface area contributed by atoms with Gasteiger partial charge in [0.05, 0.1) is 22.8 Å². The van der Waals surface area contributed by atoms with Crippen molar-refractivity contribution >= 4 is 17.4 Å². The van der Waals surface area contributed by atoms with Gasteiger partial charge in [0.2, 0.25) is 0 Å². The molecule has 0 N–H and O–H groups in total. The molecule has 2 aromatic carbocycles. The van der Waals surface area contributed by atoms with Crippen LogP contribution in [0, 0.1) is 17.0 Å². The van der Waals surface area contributed by atoms with Gasteiger partial charge in [0.1, 0.15) is 5.82 Å². The van der Waals surface area contributed by atoms with Gasteiger partial charge in [0.15, 0.2) is 0 Å². The quantitative estimate of drug-likeness (QED) is 0.311. The van der Waals surface area contributed by atoms with E-state index >= 15 is 0 Å². The molecule has 0 bridgehead atoms. The van der Waals surface area contributed by atoms with Crippen molar-refractivity contribution < 1.29 is 9.72 Å². The minimum absolute atomic E-state index is 0.0592. The van der Waals surface area contributed by atoms with Crippen LogP contribution < -0.4 is 4.90 Å². The van der Waals surface area contributed by atoms with Crippen LogP contribution in [0.2, 0.25) is 0 Å². The van der Waals surface area contributed by atoms with Crippen LogP contribution in [0.5, 0.6) is 0 Å². The van der Waals surface area contributed by atoms with Gasteiger partial charge in [0, 0.05) is 55.5 Å². The molecular weight excluding hydrogens is 468 g/mol. The van der Waals surface area contributed by atoms with Gasteiger partial charge in [-0.25, -0.2) is 4.68 Å². The summed E-state index contributed by atoms with van der Waals surface area (Å²) >= 11 is 0. The first-order valence-electron chi connectivity index (χ1n) is 13.0. The highest BCUT2D eigenvalue weighted by atomic mass is 16.6. The van der Waals surface area contributed by atoms with Crippen LogP contribution in [0.3, 0.4) is 0 Å². The number of anilines is 1. The molecule has 0 aliphatic carbocycles. The standard InChI is InChI=1S/C28H36N6O3/c1-5-21(3)32(28(35)23-11-10-14-25(19-23)34(36)37)20-26-22(4)29-33(24-12-8-7-9-13-24)27(26)31-17-15-30(6-2)16-18-31/h7-14,19,21H,5-6,15-18,20H2,1-4H3/t21-/m1/s1. The van der Waals surface area contributed by atoms with E-state index in [1.165, 1.54) is 12.1 Å². The number of likely N-dealkylation sites (N-methyl/N-ethyl adjacent to an activating group) is 1. The zero-order valence-corrected chi connectivity index (χ0v) is 22.1. The van der Waals surface area contributed by atoms with Gasteiger partial charge >= 0.3 is 0 Å². The lowest BCUT2D eigenvalue weighted by molar-refractivity contribution is -0.384. The third-order valence-corrected chi connectivity index (χ3v) is 7.29. The number of para-hydroxylation sites is 1. The number of rotatable bonds is 9. The molecule has 1 aliphatic rings. The lowest BCUT2D eigenvalue weighted by atomic mass is 10.1. The normalized spacial score (nSPS) is 15.0. The number of amides is 1. The zero-order chi connectivity index (χ0) is 26.5. The molecule has 1 fully saturated rings. The average Bonchev–Trinajstić information content (AvgIpc) is 3.27. The Morgan fingerprint density at radius 2 is 1.78 bits per heavy atom. The number of carbonyl (C=O) groups is 1. The number of aryl methyl sites for hydroxylation is 1. The van der Waals surface area contributed by atoms with Crippen LogP contribution in [0.25, 0.3) is 5.69 Å². The summed E-state index contributed by atoms with van der Waals surface area (Å²) < 4.78 is 2.00. The fourth-order valence-corrected chi connectivity index (χ4v) is 4.82. The molecule has 0 radical (unpaired) electrons. The molecule has 1 aromatic heterocycles. The Bertz CT molecular complexity index is 1230. The average molecular weight is 505 g/mol. The first-order chi connectivity index (χ1) is 17.8. The van der Waals surface area contributed by atoms with Crippen LogP contribution in [0.4, 0.5) is 11.5 Å². The lowest BCUT2D eigenvalue weighted by Gasteiger charge is -2.37. The number of non-ortho nitro benzene ring substituents is 1. The second-order valence-electron chi connectivity index (χ2n) is 9.55. The highest BCUT2D eigenvalue weighted by molar-refractivity contribution is 5.95. The molecule has 9 nitrogen and oxygen atoms in total. The van der Waals surface area contributed by atoms with E-state index in [2.05, 4.69) is 16.7 Å². The molecule has 0 spiro atoms. The van der Waals surface area contributed by atoms with E-state index in [4.69, 9.17) is 5.10 Å². The topological polar surface area (TPSA) is 87.8 Å². The number of nitrogens with zero attached hydrogens (tertiary/aromatic N) is 6. The summed E-state index contributed by atoms with van der Waals surface area (Å²) in [6.45, 7) is 13.3. The van der Waals surface area contributed by atoms with Crippen molar-refractivity contribution in [2.75, 3.05) is 37.6 Å². The van der Waals surface area contributed by atoms with Crippen molar-refractivity contribution in [3.8, 4) is 5.69 Å². The highest BCUT2D eigenvalue weighted by Crippen LogP contribution is 2.31. The molecule has 0 unspecified atom stereocenters. The van der Waals surface area contributed by atoms with Crippen molar-refractivity contribution in [3.05, 3.63) is 81.5 Å². The van der Waals surface area contributed by atoms with Gasteiger partial charge in [-0.05, 0) is 45.0 Å². The van der Waals surface area contributed by atoms with E-state index in [-0.39, 0.29) is 17.6 Å². The van der Waals surface area contributed by atoms with E-state index < -0.39 is 4.92 Å². The van der Waals surface area contributed by atoms with E-state index in [0.29, 0.717) is 12.1 Å². The first-order valence-corrected chi connectivity index (χ1v) is 13.0. The van der Waals surface area contributed by atoms with E-state index in [1.54, 1.807) is 12.1 Å². The molecule has 37 heavy (non-hydrogen) atoms. The molecular formula is C28H36N6O3. The molecule has 1 aliphatic heterocycles. The van der Waals surface area contributed by atoms with Crippen LogP contribution in [0.1, 0.15) is 48.8 Å². The highest BCUT2D eigenvalue weighted by Gasteiger charge is 2.29. The molecule has 0 saturated carbocycles. The summed E-state index contributed by atoms with van der Waals surface area (Å²) in [6, 6.07) is 16.0. The van der Waals surface area contributed by atoms with Crippen molar-refractivity contribution in [2.24, 2.45) is 0 Å². The van der Waals surface area contributed by atoms with Crippen LogP contribution >= 0.6 is 0 Å². The molecule has 196 valence electrons. The van der Waals surface area contributed by atoms with Crippen LogP contribution in [-0.2, 0) is 6.54 Å². The van der Waals surface area contributed by atoms with Crippen LogP contribution in [-0.4, -0.2) is 69.2 Å². The van der Waals surface area contributed by atoms with E-state index in [9.17, 15) is 14.9 Å². The Balaban J connectivity index is 1.75. The fraction of sp³-hybridized carbons (Fsp3) is 0.429. The first kappa shape index (κ1) is 26.3. The Hall–Kier alpha value is -3.72. The zero-order valence-electron chi connectivity index (χ0n) is 22.1. The van der Waals surface area contributed by atoms with Gasteiger partial charge in [0.25, 0.3) is 11.6 Å². The maximum absolute atomic E-state index is 13.7. The summed E-state index contributed by atoms with van der Waals surface area (Å²) in [5, 5.41) is 16.3. The minimum Gasteiger partial charge on any atom is -0.354 e. The molecule has 4 rings (SSSR count). The Morgan fingerprint density at radius 3 is 2.41 bits per heavy atom. The number of hydrogen-bond donors (Lipinski definition) is 0. The number of nitro groups is 1. The number of nitro benzene ring substituents is 1. The minimum atomic E-state index is -0.466. The van der Waals surface area contributed by atoms with Gasteiger partial charge in [-0.15, -0.1) is 0 Å². The van der Waals surface area contributed by atoms with Crippen molar-refractivity contribution in [2.45, 2.75) is 46.7 Å². The van der Waals surface area contributed by atoms with Crippen molar-refractivity contribution in [1.29, 1.82) is 0 Å². The second-order valence-corrected chi connectivity index (χ2v) is 9.55. The fourth-order valence-electron chi connectivity index (χ4n) is 4.82. The lowest BCUT2D eigenvalue weighted by Crippen LogP contribution is -2.47. The third-order valence-electron chi connectivity index (χ3n) is 7.29. The monoisotopic (exact) mass is 504 g/mol. The predicted octanol–water partition coefficient (Wildman–Crippen LogP) is 4.67. The number of benzene rings is 2. The second kappa shape index (κ2) is 11.6. The molecule has 1 atom stereocenters. The van der Waals surface area contributed by atoms with Gasteiger partial charge in [-0.2, -0.15) is 5.10 Å². The molecule has 1 saturated heterocycles. The van der Waals surface area contributed by atoms with Gasteiger partial charge in [-0.3, -0.25) is 14.9 Å². The Labute approximate surface area is 218 Å². The van der Waals surface area contributed by atoms with Crippen molar-refractivity contribution in [3.63, 3.8) is 0 Å². The molecule has 3 aromatic rings. The third kappa shape index (κ3) is 5.67. The smallest absolute Gasteiger partial charge is 0.270 e. The van der Waals surface area contributed by atoms with Gasteiger partial charge in [-0.1, -0.05) is 38.1 Å². The number of piperazine rings is 1. The molecule has 9 heteroatoms. The molecule has 1 amide bonds. The summed E-state index contributed by atoms with van der Waals surface area (Å²) in [6.07, 6.45) is 0.761. The SMILES string of the molecule is CC[C@@H](C)N(Cc1c(C)nn(-c2ccccc2)c1N1CCN(CC)CC1)C(=O)c1cccc([N+](=O)[O-])c1. The summed E-state index contributed by atoms with van der Waals surface area (Å²) in [5.74, 6) is 0.797. The van der Waals surface area contributed by atoms with Gasteiger partial charge < -0.3 is 14.7 Å². The Kier molecular flexibility index (Phi) is 8.23. The predicted molar refractivity (Wildman–Crippen MR) is 145 cm³/mol. The summed E-state index contributed by atoms with van der Waals surface area (Å²) in [7, 11) is 0. The maximum atomic E-state index is 13.7. The number of aromatic nitrogens is 2. The van der Waals surface area contributed by atoms with E-state index in [0.717, 1.165) is 61.9 Å². The van der Waals surface area contributed by atoms with Crippen molar-refractivity contribution in [1.82, 2.24) is 19.6 Å². The number of carbonyl (C=O) groups excluding carboxylic acids is 1.